The Hall–Kier alpha value is -1.43. The van der Waals surface area contributed by atoms with Crippen LogP contribution >= 0.6 is 11.6 Å². The van der Waals surface area contributed by atoms with Crippen LogP contribution in [0.4, 0.5) is 0 Å². The van der Waals surface area contributed by atoms with Gasteiger partial charge in [-0.25, -0.2) is 0 Å². The number of ketones is 1. The van der Waals surface area contributed by atoms with Gasteiger partial charge in [-0.1, -0.05) is 55.5 Å². The molecule has 1 aromatic carbocycles. The molecule has 0 spiro atoms. The summed E-state index contributed by atoms with van der Waals surface area (Å²) in [5, 5.41) is 12.6. The fourth-order valence-electron chi connectivity index (χ4n) is 4.60. The molecule has 1 unspecified atom stereocenters. The normalized spacial score (nSPS) is 24.2. The monoisotopic (exact) mass is 408 g/mol. The van der Waals surface area contributed by atoms with Crippen molar-refractivity contribution in [2.45, 2.75) is 69.7 Å². The molecular weight excluding hydrogens is 376 g/mol. The van der Waals surface area contributed by atoms with Gasteiger partial charge in [-0.3, -0.25) is 9.59 Å². The number of Topliss-reactive ketones (excluding diaryl/α,β-unsaturated/α-hetero) is 1. The number of rotatable bonds is 5. The molecule has 1 aromatic rings. The molecule has 4 N–H and O–H groups in total. The zero-order chi connectivity index (χ0) is 20.6. The van der Waals surface area contributed by atoms with E-state index in [0.717, 1.165) is 50.5 Å². The number of carboxylic acids is 1. The molecule has 2 fully saturated rings. The van der Waals surface area contributed by atoms with Crippen molar-refractivity contribution in [3.63, 3.8) is 0 Å². The maximum atomic E-state index is 12.2. The lowest BCUT2D eigenvalue weighted by molar-refractivity contribution is -0.140. The van der Waals surface area contributed by atoms with Crippen molar-refractivity contribution < 1.29 is 14.7 Å². The minimum Gasteiger partial charge on any atom is -0.481 e. The lowest BCUT2D eigenvalue weighted by atomic mass is 9.72. The van der Waals surface area contributed by atoms with E-state index in [1.165, 1.54) is 6.42 Å². The largest absolute Gasteiger partial charge is 0.481 e. The van der Waals surface area contributed by atoms with E-state index in [9.17, 15) is 9.59 Å². The number of hydrogen-bond donors (Lipinski definition) is 3. The third-order valence-corrected chi connectivity index (χ3v) is 6.65. The topological polar surface area (TPSA) is 92.4 Å². The average molecular weight is 409 g/mol. The van der Waals surface area contributed by atoms with E-state index in [2.05, 4.69) is 5.32 Å². The van der Waals surface area contributed by atoms with Crippen LogP contribution in [0.25, 0.3) is 0 Å². The second kappa shape index (κ2) is 10.4. The van der Waals surface area contributed by atoms with Crippen molar-refractivity contribution in [2.24, 2.45) is 11.1 Å². The maximum Gasteiger partial charge on any atom is 0.303 e. The van der Waals surface area contributed by atoms with E-state index in [1.54, 1.807) is 0 Å². The molecule has 2 aliphatic rings. The second-order valence-corrected chi connectivity index (χ2v) is 8.51. The summed E-state index contributed by atoms with van der Waals surface area (Å²) in [7, 11) is 1.84. The van der Waals surface area contributed by atoms with Crippen LogP contribution in [-0.2, 0) is 15.1 Å². The van der Waals surface area contributed by atoms with Gasteiger partial charge in [0, 0.05) is 11.4 Å². The number of carboxylic acid groups (broad SMARTS) is 1. The molecule has 0 radical (unpaired) electrons. The number of aliphatic carboxylic acids is 1. The molecule has 5 nitrogen and oxygen atoms in total. The highest BCUT2D eigenvalue weighted by atomic mass is 35.5. The van der Waals surface area contributed by atoms with Gasteiger partial charge in [-0.05, 0) is 56.3 Å². The maximum absolute atomic E-state index is 12.2. The van der Waals surface area contributed by atoms with Crippen LogP contribution in [0.3, 0.4) is 0 Å². The fourth-order valence-corrected chi connectivity index (χ4v) is 4.89. The minimum atomic E-state index is -0.706. The van der Waals surface area contributed by atoms with Crippen molar-refractivity contribution in [3.05, 3.63) is 34.9 Å². The Kier molecular flexibility index (Phi) is 8.47. The third-order valence-electron chi connectivity index (χ3n) is 6.32. The van der Waals surface area contributed by atoms with Gasteiger partial charge in [-0.15, -0.1) is 0 Å². The number of benzene rings is 1. The van der Waals surface area contributed by atoms with Gasteiger partial charge in [0.2, 0.25) is 0 Å². The average Bonchev–Trinajstić information content (AvgIpc) is 2.70. The molecule has 0 amide bonds. The summed E-state index contributed by atoms with van der Waals surface area (Å²) >= 11 is 6.20. The molecule has 3 rings (SSSR count). The molecule has 1 atom stereocenters. The SMILES string of the molecule is CNC1(c2ccccc2Cl)CCCCC1=O.NCC1(CC(=O)O)CCCCC1. The van der Waals surface area contributed by atoms with Crippen LogP contribution in [0.15, 0.2) is 24.3 Å². The van der Waals surface area contributed by atoms with Crippen molar-refractivity contribution in [1.82, 2.24) is 5.32 Å². The number of hydrogen-bond acceptors (Lipinski definition) is 4. The van der Waals surface area contributed by atoms with Gasteiger partial charge in [-0.2, -0.15) is 0 Å². The molecule has 0 saturated heterocycles. The Morgan fingerprint density at radius 2 is 1.79 bits per heavy atom. The van der Waals surface area contributed by atoms with Gasteiger partial charge in [0.1, 0.15) is 5.54 Å². The van der Waals surface area contributed by atoms with E-state index in [0.29, 0.717) is 18.0 Å². The molecule has 2 saturated carbocycles. The van der Waals surface area contributed by atoms with Crippen LogP contribution in [-0.4, -0.2) is 30.5 Å². The summed E-state index contributed by atoms with van der Waals surface area (Å²) in [5.41, 5.74) is 5.91. The number of carbonyl (C=O) groups is 2. The third kappa shape index (κ3) is 5.34. The van der Waals surface area contributed by atoms with Crippen LogP contribution in [0.5, 0.6) is 0 Å². The summed E-state index contributed by atoms with van der Waals surface area (Å²) in [4.78, 5) is 22.8. The number of carbonyl (C=O) groups excluding carboxylic acids is 1. The molecular formula is C22H33ClN2O3. The first-order valence-corrected chi connectivity index (χ1v) is 10.7. The minimum absolute atomic E-state index is 0.0793. The molecule has 0 aromatic heterocycles. The predicted octanol–water partition coefficient (Wildman–Crippen LogP) is 4.27. The highest BCUT2D eigenvalue weighted by molar-refractivity contribution is 6.31. The molecule has 0 heterocycles. The molecule has 2 aliphatic carbocycles. The van der Waals surface area contributed by atoms with E-state index in [4.69, 9.17) is 22.4 Å². The molecule has 6 heteroatoms. The summed E-state index contributed by atoms with van der Waals surface area (Å²) in [6, 6.07) is 7.62. The number of nitrogens with one attached hydrogen (secondary N) is 1. The first-order valence-electron chi connectivity index (χ1n) is 10.3. The van der Waals surface area contributed by atoms with Gasteiger partial charge < -0.3 is 16.2 Å². The lowest BCUT2D eigenvalue weighted by Crippen LogP contribution is -2.49. The van der Waals surface area contributed by atoms with E-state index in [-0.39, 0.29) is 17.6 Å². The van der Waals surface area contributed by atoms with E-state index in [1.807, 2.05) is 31.3 Å². The highest BCUT2D eigenvalue weighted by Crippen LogP contribution is 2.38. The number of nitrogens with two attached hydrogens (primary N) is 1. The quantitative estimate of drug-likeness (QED) is 0.676. The van der Waals surface area contributed by atoms with Crippen molar-refractivity contribution in [1.29, 1.82) is 0 Å². The predicted molar refractivity (Wildman–Crippen MR) is 112 cm³/mol. The standard InChI is InChI=1S/C13H16ClNO.C9H17NO2/c1-15-13(9-5-4-8-12(13)16)10-6-2-3-7-11(10)14;10-7-9(6-8(11)12)4-2-1-3-5-9/h2-3,6-7,15H,4-5,8-9H2,1H3;1-7,10H2,(H,11,12). The summed E-state index contributed by atoms with van der Waals surface area (Å²) in [6.45, 7) is 0.527. The molecule has 0 bridgehead atoms. The fraction of sp³-hybridized carbons (Fsp3) is 0.636. The van der Waals surface area contributed by atoms with Crippen molar-refractivity contribution in [2.75, 3.05) is 13.6 Å². The zero-order valence-corrected chi connectivity index (χ0v) is 17.6. The Bertz CT molecular complexity index is 674. The van der Waals surface area contributed by atoms with E-state index < -0.39 is 11.5 Å². The van der Waals surface area contributed by atoms with Gasteiger partial charge >= 0.3 is 5.97 Å². The number of halogens is 1. The summed E-state index contributed by atoms with van der Waals surface area (Å²) in [6.07, 6.45) is 9.31. The first-order chi connectivity index (χ1) is 13.4. The first kappa shape index (κ1) is 22.9. The summed E-state index contributed by atoms with van der Waals surface area (Å²) in [5.74, 6) is -0.447. The van der Waals surface area contributed by atoms with Gasteiger partial charge in [0.15, 0.2) is 5.78 Å². The zero-order valence-electron chi connectivity index (χ0n) is 16.8. The van der Waals surface area contributed by atoms with Crippen molar-refractivity contribution >= 4 is 23.4 Å². The van der Waals surface area contributed by atoms with E-state index >= 15 is 0 Å². The highest BCUT2D eigenvalue weighted by Gasteiger charge is 2.41. The summed E-state index contributed by atoms with van der Waals surface area (Å²) < 4.78 is 0. The molecule has 0 aliphatic heterocycles. The van der Waals surface area contributed by atoms with Crippen LogP contribution in [0, 0.1) is 5.41 Å². The van der Waals surface area contributed by atoms with Gasteiger partial charge in [0.25, 0.3) is 0 Å². The molecule has 156 valence electrons. The second-order valence-electron chi connectivity index (χ2n) is 8.10. The smallest absolute Gasteiger partial charge is 0.303 e. The Balaban J connectivity index is 0.000000209. The Labute approximate surface area is 173 Å². The number of likely N-dealkylation sites (N-methyl/N-ethyl adjacent to an activating group) is 1. The lowest BCUT2D eigenvalue weighted by Gasteiger charge is -2.36. The molecule has 28 heavy (non-hydrogen) atoms. The van der Waals surface area contributed by atoms with Crippen molar-refractivity contribution in [3.8, 4) is 0 Å². The van der Waals surface area contributed by atoms with Crippen LogP contribution in [0.1, 0.15) is 69.8 Å². The van der Waals surface area contributed by atoms with Gasteiger partial charge in [0.05, 0.1) is 6.42 Å². The Morgan fingerprint density at radius 3 is 2.32 bits per heavy atom. The van der Waals surface area contributed by atoms with Crippen LogP contribution < -0.4 is 11.1 Å². The Morgan fingerprint density at radius 1 is 1.14 bits per heavy atom. The van der Waals surface area contributed by atoms with Crippen LogP contribution in [0.2, 0.25) is 5.02 Å².